The quantitative estimate of drug-likeness (QED) is 0.794. The summed E-state index contributed by atoms with van der Waals surface area (Å²) in [6.07, 6.45) is 4.49. The SMILES string of the molecule is CC(C)OCCN1CC(C2CC2)NCCC1C. The second-order valence-electron chi connectivity index (χ2n) is 5.95. The van der Waals surface area contributed by atoms with E-state index in [0.29, 0.717) is 12.1 Å². The van der Waals surface area contributed by atoms with Gasteiger partial charge in [0.25, 0.3) is 0 Å². The monoisotopic (exact) mass is 240 g/mol. The second-order valence-corrected chi connectivity index (χ2v) is 5.95. The normalized spacial score (nSPS) is 31.8. The molecule has 2 aliphatic rings. The molecule has 0 aromatic heterocycles. The van der Waals surface area contributed by atoms with E-state index in [4.69, 9.17) is 4.74 Å². The van der Waals surface area contributed by atoms with Crippen molar-refractivity contribution in [2.45, 2.75) is 58.2 Å². The van der Waals surface area contributed by atoms with E-state index in [-0.39, 0.29) is 0 Å². The highest BCUT2D eigenvalue weighted by atomic mass is 16.5. The lowest BCUT2D eigenvalue weighted by Gasteiger charge is -2.29. The van der Waals surface area contributed by atoms with Gasteiger partial charge >= 0.3 is 0 Å². The van der Waals surface area contributed by atoms with Gasteiger partial charge in [-0.2, -0.15) is 0 Å². The fourth-order valence-electron chi connectivity index (χ4n) is 2.69. The summed E-state index contributed by atoms with van der Waals surface area (Å²) >= 11 is 0. The fraction of sp³-hybridized carbons (Fsp3) is 1.00. The summed E-state index contributed by atoms with van der Waals surface area (Å²) < 4.78 is 5.68. The molecule has 0 spiro atoms. The van der Waals surface area contributed by atoms with Gasteiger partial charge in [0.15, 0.2) is 0 Å². The third-order valence-electron chi connectivity index (χ3n) is 4.04. The number of ether oxygens (including phenoxy) is 1. The van der Waals surface area contributed by atoms with Crippen LogP contribution in [0.2, 0.25) is 0 Å². The zero-order chi connectivity index (χ0) is 12.3. The van der Waals surface area contributed by atoms with Crippen molar-refractivity contribution in [3.05, 3.63) is 0 Å². The fourth-order valence-corrected chi connectivity index (χ4v) is 2.69. The predicted molar refractivity (Wildman–Crippen MR) is 71.3 cm³/mol. The van der Waals surface area contributed by atoms with E-state index in [9.17, 15) is 0 Å². The van der Waals surface area contributed by atoms with Gasteiger partial charge < -0.3 is 10.1 Å². The molecule has 2 rings (SSSR count). The van der Waals surface area contributed by atoms with Gasteiger partial charge in [0.1, 0.15) is 0 Å². The molecule has 1 saturated carbocycles. The zero-order valence-electron chi connectivity index (χ0n) is 11.6. The summed E-state index contributed by atoms with van der Waals surface area (Å²) in [5.74, 6) is 0.953. The molecule has 100 valence electrons. The second kappa shape index (κ2) is 6.17. The van der Waals surface area contributed by atoms with Gasteiger partial charge in [0.2, 0.25) is 0 Å². The predicted octanol–water partition coefficient (Wildman–Crippen LogP) is 1.87. The molecule has 2 fully saturated rings. The van der Waals surface area contributed by atoms with E-state index in [1.165, 1.54) is 32.4 Å². The Kier molecular flexibility index (Phi) is 4.83. The largest absolute Gasteiger partial charge is 0.377 e. The van der Waals surface area contributed by atoms with Gasteiger partial charge in [0, 0.05) is 25.2 Å². The van der Waals surface area contributed by atoms with E-state index in [1.54, 1.807) is 0 Å². The van der Waals surface area contributed by atoms with Crippen molar-refractivity contribution >= 4 is 0 Å². The van der Waals surface area contributed by atoms with Crippen molar-refractivity contribution in [1.82, 2.24) is 10.2 Å². The molecule has 3 heteroatoms. The van der Waals surface area contributed by atoms with Crippen LogP contribution in [-0.2, 0) is 4.74 Å². The molecule has 1 saturated heterocycles. The average molecular weight is 240 g/mol. The van der Waals surface area contributed by atoms with Crippen LogP contribution in [0, 0.1) is 5.92 Å². The minimum Gasteiger partial charge on any atom is -0.377 e. The summed E-state index contributed by atoms with van der Waals surface area (Å²) in [4.78, 5) is 2.62. The van der Waals surface area contributed by atoms with Gasteiger partial charge in [-0.15, -0.1) is 0 Å². The van der Waals surface area contributed by atoms with Crippen LogP contribution in [0.15, 0.2) is 0 Å². The van der Waals surface area contributed by atoms with Crippen LogP contribution in [0.1, 0.15) is 40.0 Å². The highest BCUT2D eigenvalue weighted by Crippen LogP contribution is 2.33. The first kappa shape index (κ1) is 13.3. The molecular formula is C14H28N2O. The van der Waals surface area contributed by atoms with E-state index < -0.39 is 0 Å². The maximum atomic E-state index is 5.68. The molecule has 2 atom stereocenters. The number of hydrogen-bond donors (Lipinski definition) is 1. The van der Waals surface area contributed by atoms with Crippen LogP contribution >= 0.6 is 0 Å². The van der Waals surface area contributed by atoms with Crippen LogP contribution in [0.5, 0.6) is 0 Å². The Morgan fingerprint density at radius 1 is 1.29 bits per heavy atom. The summed E-state index contributed by atoms with van der Waals surface area (Å²) in [6.45, 7) is 10.9. The van der Waals surface area contributed by atoms with Crippen molar-refractivity contribution < 1.29 is 4.74 Å². The molecule has 1 aliphatic carbocycles. The van der Waals surface area contributed by atoms with Crippen LogP contribution < -0.4 is 5.32 Å². The van der Waals surface area contributed by atoms with Crippen molar-refractivity contribution in [3.63, 3.8) is 0 Å². The first-order valence-corrected chi connectivity index (χ1v) is 7.26. The first-order chi connectivity index (χ1) is 8.16. The average Bonchev–Trinajstić information content (AvgIpc) is 3.07. The van der Waals surface area contributed by atoms with Crippen molar-refractivity contribution in [2.24, 2.45) is 5.92 Å². The van der Waals surface area contributed by atoms with Gasteiger partial charge in [-0.25, -0.2) is 0 Å². The smallest absolute Gasteiger partial charge is 0.0597 e. The summed E-state index contributed by atoms with van der Waals surface area (Å²) in [5, 5.41) is 3.72. The third kappa shape index (κ3) is 4.23. The molecule has 0 radical (unpaired) electrons. The Bertz CT molecular complexity index is 228. The van der Waals surface area contributed by atoms with Gasteiger partial charge in [-0.3, -0.25) is 4.90 Å². The lowest BCUT2D eigenvalue weighted by Crippen LogP contribution is -2.42. The maximum absolute atomic E-state index is 5.68. The van der Waals surface area contributed by atoms with Crippen molar-refractivity contribution in [1.29, 1.82) is 0 Å². The Morgan fingerprint density at radius 3 is 2.71 bits per heavy atom. The number of hydrogen-bond acceptors (Lipinski definition) is 3. The van der Waals surface area contributed by atoms with E-state index in [1.807, 2.05) is 0 Å². The van der Waals surface area contributed by atoms with Crippen LogP contribution in [0.3, 0.4) is 0 Å². The van der Waals surface area contributed by atoms with Crippen LogP contribution in [0.4, 0.5) is 0 Å². The number of nitrogens with zero attached hydrogens (tertiary/aromatic N) is 1. The molecule has 0 aromatic carbocycles. The van der Waals surface area contributed by atoms with E-state index >= 15 is 0 Å². The summed E-state index contributed by atoms with van der Waals surface area (Å²) in [5.41, 5.74) is 0. The highest BCUT2D eigenvalue weighted by molar-refractivity contribution is 4.91. The standard InChI is InChI=1S/C14H28N2O/c1-11(2)17-9-8-16-10-14(13-4-5-13)15-7-6-12(16)3/h11-15H,4-10H2,1-3H3. The van der Waals surface area contributed by atoms with Crippen molar-refractivity contribution in [2.75, 3.05) is 26.2 Å². The molecule has 1 N–H and O–H groups in total. The molecule has 0 aromatic rings. The zero-order valence-corrected chi connectivity index (χ0v) is 11.6. The molecule has 1 aliphatic heterocycles. The molecular weight excluding hydrogens is 212 g/mol. The van der Waals surface area contributed by atoms with E-state index in [0.717, 1.165) is 25.1 Å². The summed E-state index contributed by atoms with van der Waals surface area (Å²) in [6, 6.07) is 1.43. The molecule has 3 nitrogen and oxygen atoms in total. The first-order valence-electron chi connectivity index (χ1n) is 7.26. The van der Waals surface area contributed by atoms with Crippen LogP contribution in [-0.4, -0.2) is 49.3 Å². The topological polar surface area (TPSA) is 24.5 Å². The maximum Gasteiger partial charge on any atom is 0.0597 e. The van der Waals surface area contributed by atoms with E-state index in [2.05, 4.69) is 31.0 Å². The van der Waals surface area contributed by atoms with Gasteiger partial charge in [-0.05, 0) is 52.5 Å². The van der Waals surface area contributed by atoms with Gasteiger partial charge in [-0.1, -0.05) is 0 Å². The number of rotatable bonds is 5. The van der Waals surface area contributed by atoms with Crippen molar-refractivity contribution in [3.8, 4) is 0 Å². The third-order valence-corrected chi connectivity index (χ3v) is 4.04. The Balaban J connectivity index is 1.78. The molecule has 0 amide bonds. The lowest BCUT2D eigenvalue weighted by atomic mass is 10.1. The molecule has 0 bridgehead atoms. The lowest BCUT2D eigenvalue weighted by molar-refractivity contribution is 0.0496. The highest BCUT2D eigenvalue weighted by Gasteiger charge is 2.34. The van der Waals surface area contributed by atoms with Crippen LogP contribution in [0.25, 0.3) is 0 Å². The van der Waals surface area contributed by atoms with Gasteiger partial charge in [0.05, 0.1) is 12.7 Å². The Hall–Kier alpha value is -0.120. The molecule has 17 heavy (non-hydrogen) atoms. The molecule has 1 heterocycles. The Labute approximate surface area is 106 Å². The summed E-state index contributed by atoms with van der Waals surface area (Å²) in [7, 11) is 0. The number of nitrogens with one attached hydrogen (secondary N) is 1. The molecule has 2 unspecified atom stereocenters. The minimum atomic E-state index is 0.356. The Morgan fingerprint density at radius 2 is 2.06 bits per heavy atom. The minimum absolute atomic E-state index is 0.356.